The molecule has 0 unspecified atom stereocenters. The fraction of sp³-hybridized carbons (Fsp3) is 0.840. The third kappa shape index (κ3) is 23.6. The molecule has 0 aliphatic carbocycles. The molecule has 0 aromatic rings. The lowest BCUT2D eigenvalue weighted by molar-refractivity contribution is 0.562. The molecule has 0 aromatic heterocycles. The third-order valence-corrected chi connectivity index (χ3v) is 4.98. The molecular weight excluding hydrogens is 300 g/mol. The van der Waals surface area contributed by atoms with E-state index >= 15 is 0 Å². The molecule has 0 aliphatic heterocycles. The highest BCUT2D eigenvalue weighted by atomic mass is 14.0. The van der Waals surface area contributed by atoms with Crippen molar-refractivity contribution < 1.29 is 0 Å². The van der Waals surface area contributed by atoms with Crippen molar-refractivity contribution in [3.8, 4) is 11.8 Å². The summed E-state index contributed by atoms with van der Waals surface area (Å²) < 4.78 is 0. The second kappa shape index (κ2) is 23.6. The lowest BCUT2D eigenvalue weighted by atomic mass is 10.1. The van der Waals surface area contributed by atoms with E-state index in [9.17, 15) is 0 Å². The molecule has 25 heavy (non-hydrogen) atoms. The van der Waals surface area contributed by atoms with Gasteiger partial charge in [-0.15, -0.1) is 11.8 Å². The SMILES string of the molecule is [CH2]CCCCCCCCCCC#CCCCCCCCCCCC[CH2]. The predicted molar refractivity (Wildman–Crippen MR) is 115 cm³/mol. The largest absolute Gasteiger partial charge is 0.103 e. The molecule has 0 spiro atoms. The van der Waals surface area contributed by atoms with Crippen LogP contribution in [0, 0.1) is 25.7 Å². The Kier molecular flexibility index (Phi) is 23.1. The summed E-state index contributed by atoms with van der Waals surface area (Å²) in [5.74, 6) is 6.75. The van der Waals surface area contributed by atoms with Crippen LogP contribution in [-0.2, 0) is 0 Å². The van der Waals surface area contributed by atoms with Crippen molar-refractivity contribution in [2.24, 2.45) is 0 Å². The molecule has 0 fully saturated rings. The van der Waals surface area contributed by atoms with Crippen molar-refractivity contribution in [1.82, 2.24) is 0 Å². The lowest BCUT2D eigenvalue weighted by Gasteiger charge is -2.01. The molecule has 0 saturated heterocycles. The average Bonchev–Trinajstić information content (AvgIpc) is 2.63. The minimum Gasteiger partial charge on any atom is -0.103 e. The van der Waals surface area contributed by atoms with E-state index in [2.05, 4.69) is 25.7 Å². The summed E-state index contributed by atoms with van der Waals surface area (Å²) in [5, 5.41) is 0. The Hall–Kier alpha value is -0.440. The molecule has 146 valence electrons. The summed E-state index contributed by atoms with van der Waals surface area (Å²) in [6, 6.07) is 0. The number of rotatable bonds is 19. The Morgan fingerprint density at radius 3 is 0.840 bits per heavy atom. The fourth-order valence-corrected chi connectivity index (χ4v) is 3.26. The van der Waals surface area contributed by atoms with Gasteiger partial charge in [-0.3, -0.25) is 0 Å². The zero-order chi connectivity index (χ0) is 18.3. The van der Waals surface area contributed by atoms with Crippen LogP contribution in [0.25, 0.3) is 0 Å². The highest BCUT2D eigenvalue weighted by molar-refractivity contribution is 4.98. The van der Waals surface area contributed by atoms with Gasteiger partial charge >= 0.3 is 0 Å². The summed E-state index contributed by atoms with van der Waals surface area (Å²) >= 11 is 0. The second-order valence-corrected chi connectivity index (χ2v) is 7.57. The standard InChI is InChI=1S/C25H46/c1-3-5-7-9-11-13-15-17-19-21-23-25-24-22-20-18-16-14-12-10-8-6-4-2/h1-23H2. The van der Waals surface area contributed by atoms with Gasteiger partial charge in [-0.2, -0.15) is 0 Å². The molecule has 0 saturated carbocycles. The maximum Gasteiger partial charge on any atom is 0.00886 e. The van der Waals surface area contributed by atoms with Gasteiger partial charge in [0.15, 0.2) is 0 Å². The Bertz CT molecular complexity index is 280. The van der Waals surface area contributed by atoms with Crippen LogP contribution in [0.2, 0.25) is 0 Å². The van der Waals surface area contributed by atoms with E-state index in [4.69, 9.17) is 0 Å². The molecule has 0 heteroatoms. The summed E-state index contributed by atoms with van der Waals surface area (Å²) in [7, 11) is 0. The van der Waals surface area contributed by atoms with E-state index in [0.717, 1.165) is 25.7 Å². The summed E-state index contributed by atoms with van der Waals surface area (Å²) in [6.07, 6.45) is 28.0. The van der Waals surface area contributed by atoms with E-state index in [1.165, 1.54) is 109 Å². The first-order valence-corrected chi connectivity index (χ1v) is 11.5. The number of hydrogen-bond donors (Lipinski definition) is 0. The highest BCUT2D eigenvalue weighted by Crippen LogP contribution is 2.11. The van der Waals surface area contributed by atoms with Gasteiger partial charge in [0.05, 0.1) is 0 Å². The van der Waals surface area contributed by atoms with Crippen LogP contribution in [0.15, 0.2) is 0 Å². The normalized spacial score (nSPS) is 10.6. The van der Waals surface area contributed by atoms with Crippen LogP contribution in [0.5, 0.6) is 0 Å². The van der Waals surface area contributed by atoms with Crippen molar-refractivity contribution in [2.45, 2.75) is 135 Å². The first-order chi connectivity index (χ1) is 12.4. The van der Waals surface area contributed by atoms with Gasteiger partial charge in [0.2, 0.25) is 0 Å². The van der Waals surface area contributed by atoms with Crippen molar-refractivity contribution in [1.29, 1.82) is 0 Å². The first-order valence-electron chi connectivity index (χ1n) is 11.5. The van der Waals surface area contributed by atoms with E-state index < -0.39 is 0 Å². The third-order valence-electron chi connectivity index (χ3n) is 4.98. The predicted octanol–water partition coefficient (Wildman–Crippen LogP) is 8.85. The summed E-state index contributed by atoms with van der Waals surface area (Å²) in [6.45, 7) is 7.79. The topological polar surface area (TPSA) is 0 Å². The lowest BCUT2D eigenvalue weighted by Crippen LogP contribution is -1.82. The van der Waals surface area contributed by atoms with Crippen molar-refractivity contribution >= 4 is 0 Å². The Morgan fingerprint density at radius 1 is 0.320 bits per heavy atom. The Labute approximate surface area is 160 Å². The second-order valence-electron chi connectivity index (χ2n) is 7.57. The highest BCUT2D eigenvalue weighted by Gasteiger charge is 1.92. The molecular formula is C25H46. The number of hydrogen-bond acceptors (Lipinski definition) is 0. The number of unbranched alkanes of at least 4 members (excludes halogenated alkanes) is 19. The minimum absolute atomic E-state index is 1.11. The minimum atomic E-state index is 1.11. The van der Waals surface area contributed by atoms with E-state index in [-0.39, 0.29) is 0 Å². The van der Waals surface area contributed by atoms with Gasteiger partial charge in [0.25, 0.3) is 0 Å². The van der Waals surface area contributed by atoms with Gasteiger partial charge < -0.3 is 0 Å². The van der Waals surface area contributed by atoms with Crippen LogP contribution < -0.4 is 0 Å². The molecule has 0 atom stereocenters. The molecule has 0 nitrogen and oxygen atoms in total. The van der Waals surface area contributed by atoms with Crippen LogP contribution in [-0.4, -0.2) is 0 Å². The first kappa shape index (κ1) is 24.6. The summed E-state index contributed by atoms with van der Waals surface area (Å²) in [5.41, 5.74) is 0. The fourth-order valence-electron chi connectivity index (χ4n) is 3.26. The van der Waals surface area contributed by atoms with E-state index in [0.29, 0.717) is 0 Å². The van der Waals surface area contributed by atoms with Crippen molar-refractivity contribution in [2.75, 3.05) is 0 Å². The maximum atomic E-state index is 3.90. The maximum absolute atomic E-state index is 3.90. The molecule has 0 rings (SSSR count). The van der Waals surface area contributed by atoms with Crippen LogP contribution in [0.3, 0.4) is 0 Å². The molecule has 0 bridgehead atoms. The van der Waals surface area contributed by atoms with Gasteiger partial charge in [0.1, 0.15) is 0 Å². The Morgan fingerprint density at radius 2 is 0.560 bits per heavy atom. The molecule has 0 heterocycles. The van der Waals surface area contributed by atoms with Gasteiger partial charge in [-0.05, 0) is 12.8 Å². The summed E-state index contributed by atoms with van der Waals surface area (Å²) in [4.78, 5) is 0. The molecule has 2 radical (unpaired) electrons. The van der Waals surface area contributed by atoms with Gasteiger partial charge in [-0.1, -0.05) is 123 Å². The average molecular weight is 347 g/mol. The Balaban J connectivity index is 3.07. The van der Waals surface area contributed by atoms with Crippen LogP contribution in [0.4, 0.5) is 0 Å². The zero-order valence-corrected chi connectivity index (χ0v) is 17.3. The van der Waals surface area contributed by atoms with Gasteiger partial charge in [0, 0.05) is 12.8 Å². The quantitative estimate of drug-likeness (QED) is 0.162. The van der Waals surface area contributed by atoms with Crippen molar-refractivity contribution in [3.05, 3.63) is 13.8 Å². The smallest absolute Gasteiger partial charge is 0.00886 e. The van der Waals surface area contributed by atoms with E-state index in [1.807, 2.05) is 0 Å². The molecule has 0 amide bonds. The zero-order valence-electron chi connectivity index (χ0n) is 17.3. The molecule has 0 aromatic carbocycles. The molecule has 0 N–H and O–H groups in total. The van der Waals surface area contributed by atoms with E-state index in [1.54, 1.807) is 0 Å². The van der Waals surface area contributed by atoms with Crippen LogP contribution >= 0.6 is 0 Å². The van der Waals surface area contributed by atoms with Crippen LogP contribution in [0.1, 0.15) is 135 Å². The van der Waals surface area contributed by atoms with Gasteiger partial charge in [-0.25, -0.2) is 0 Å². The monoisotopic (exact) mass is 346 g/mol. The molecule has 0 aliphatic rings. The van der Waals surface area contributed by atoms with Crippen molar-refractivity contribution in [3.63, 3.8) is 0 Å².